The van der Waals surface area contributed by atoms with Crippen LogP contribution in [-0.4, -0.2) is 51.5 Å². The number of nitrogens with one attached hydrogen (secondary N) is 1. The molecule has 2 heterocycles. The molecule has 7 nitrogen and oxygen atoms in total. The number of hydrogen-bond donors (Lipinski definition) is 2. The number of rotatable bonds is 6. The number of carboxylic acid groups (broad SMARTS) is 1. The number of hydrogen-bond acceptors (Lipinski definition) is 5. The summed E-state index contributed by atoms with van der Waals surface area (Å²) in [6.07, 6.45) is 0.374. The van der Waals surface area contributed by atoms with Crippen molar-refractivity contribution in [3.63, 3.8) is 0 Å². The van der Waals surface area contributed by atoms with Gasteiger partial charge in [0.15, 0.2) is 5.76 Å². The lowest BCUT2D eigenvalue weighted by Gasteiger charge is -2.25. The summed E-state index contributed by atoms with van der Waals surface area (Å²) in [5.41, 5.74) is -0.00729. The molecule has 1 aromatic heterocycles. The third-order valence-electron chi connectivity index (χ3n) is 4.39. The molecule has 2 amide bonds. The molecule has 1 fully saturated rings. The third-order valence-corrected chi connectivity index (χ3v) is 5.40. The van der Waals surface area contributed by atoms with Gasteiger partial charge in [0, 0.05) is 24.3 Å². The van der Waals surface area contributed by atoms with Gasteiger partial charge in [0.25, 0.3) is 5.91 Å². The van der Waals surface area contributed by atoms with E-state index in [0.29, 0.717) is 18.1 Å². The maximum absolute atomic E-state index is 12.7. The first-order chi connectivity index (χ1) is 11.8. The van der Waals surface area contributed by atoms with Gasteiger partial charge in [0.1, 0.15) is 17.4 Å². The lowest BCUT2D eigenvalue weighted by atomic mass is 10.1. The third kappa shape index (κ3) is 4.18. The number of carbonyl (C=O) groups is 3. The molecule has 0 saturated carbocycles. The summed E-state index contributed by atoms with van der Waals surface area (Å²) in [5.74, 6) is -0.381. The maximum atomic E-state index is 12.7. The van der Waals surface area contributed by atoms with Crippen LogP contribution in [0, 0.1) is 5.92 Å². The van der Waals surface area contributed by atoms with Crippen LogP contribution in [0.2, 0.25) is 0 Å². The van der Waals surface area contributed by atoms with Gasteiger partial charge < -0.3 is 19.7 Å². The number of aromatic carboxylic acids is 1. The van der Waals surface area contributed by atoms with Crippen LogP contribution in [0.1, 0.15) is 54.4 Å². The number of nitrogens with zero attached hydrogens (tertiary/aromatic N) is 1. The molecule has 0 aromatic carbocycles. The Kier molecular flexibility index (Phi) is 6.16. The molecule has 1 aliphatic heterocycles. The molecule has 0 aliphatic carbocycles. The second kappa shape index (κ2) is 7.95. The van der Waals surface area contributed by atoms with Crippen LogP contribution in [0.3, 0.4) is 0 Å². The molecule has 1 aromatic rings. The second-order valence-corrected chi connectivity index (χ2v) is 7.44. The summed E-state index contributed by atoms with van der Waals surface area (Å²) in [6, 6.07) is 0.671. The van der Waals surface area contributed by atoms with E-state index in [1.165, 1.54) is 22.7 Å². The molecule has 1 aliphatic rings. The van der Waals surface area contributed by atoms with Crippen LogP contribution in [0.5, 0.6) is 0 Å². The Hall–Kier alpha value is -1.96. The zero-order valence-corrected chi connectivity index (χ0v) is 15.7. The predicted octanol–water partition coefficient (Wildman–Crippen LogP) is 2.22. The van der Waals surface area contributed by atoms with Gasteiger partial charge in [-0.05, 0) is 12.8 Å². The van der Waals surface area contributed by atoms with E-state index >= 15 is 0 Å². The van der Waals surface area contributed by atoms with Crippen molar-refractivity contribution in [2.45, 2.75) is 46.2 Å². The van der Waals surface area contributed by atoms with E-state index in [0.717, 1.165) is 0 Å². The summed E-state index contributed by atoms with van der Waals surface area (Å²) in [6.45, 7) is 7.71. The summed E-state index contributed by atoms with van der Waals surface area (Å²) in [4.78, 5) is 37.9. The molecule has 0 spiro atoms. The average molecular weight is 368 g/mol. The minimum Gasteiger partial charge on any atom is -0.478 e. The van der Waals surface area contributed by atoms with Crippen molar-refractivity contribution < 1.29 is 23.9 Å². The first kappa shape index (κ1) is 19.4. The number of aryl methyl sites for hydroxylation is 1. The van der Waals surface area contributed by atoms with Crippen LogP contribution in [0.4, 0.5) is 0 Å². The highest BCUT2D eigenvalue weighted by Crippen LogP contribution is 2.26. The smallest absolute Gasteiger partial charge is 0.339 e. The first-order valence-electron chi connectivity index (χ1n) is 8.31. The van der Waals surface area contributed by atoms with Crippen LogP contribution in [-0.2, 0) is 11.2 Å². The Bertz CT molecular complexity index is 670. The van der Waals surface area contributed by atoms with Crippen molar-refractivity contribution in [1.29, 1.82) is 0 Å². The molecule has 0 bridgehead atoms. The average Bonchev–Trinajstić information content (AvgIpc) is 3.20. The molecule has 2 N–H and O–H groups in total. The number of amides is 2. The van der Waals surface area contributed by atoms with E-state index in [4.69, 9.17) is 4.42 Å². The van der Waals surface area contributed by atoms with E-state index in [-0.39, 0.29) is 35.0 Å². The minimum atomic E-state index is -1.13. The monoisotopic (exact) mass is 368 g/mol. The molecule has 0 radical (unpaired) electrons. The van der Waals surface area contributed by atoms with E-state index in [9.17, 15) is 19.5 Å². The number of carbonyl (C=O) groups excluding carboxylic acids is 2. The molecule has 2 unspecified atom stereocenters. The molecule has 25 heavy (non-hydrogen) atoms. The number of thioether (sulfide) groups is 1. The fourth-order valence-electron chi connectivity index (χ4n) is 2.47. The molecule has 2 atom stereocenters. The Labute approximate surface area is 151 Å². The van der Waals surface area contributed by atoms with Gasteiger partial charge in [-0.3, -0.25) is 9.59 Å². The maximum Gasteiger partial charge on any atom is 0.339 e. The van der Waals surface area contributed by atoms with E-state index < -0.39 is 17.9 Å². The second-order valence-electron chi connectivity index (χ2n) is 6.44. The lowest BCUT2D eigenvalue weighted by molar-refractivity contribution is -0.125. The molecule has 138 valence electrons. The van der Waals surface area contributed by atoms with Crippen molar-refractivity contribution in [3.05, 3.63) is 23.2 Å². The minimum absolute atomic E-state index is 0.00368. The summed E-state index contributed by atoms with van der Waals surface area (Å²) in [5, 5.41) is 12.1. The fourth-order valence-corrected chi connectivity index (χ4v) is 3.62. The van der Waals surface area contributed by atoms with E-state index in [1.54, 1.807) is 6.92 Å². The van der Waals surface area contributed by atoms with Crippen LogP contribution in [0.15, 0.2) is 10.5 Å². The van der Waals surface area contributed by atoms with Gasteiger partial charge in [-0.15, -0.1) is 11.8 Å². The van der Waals surface area contributed by atoms with Gasteiger partial charge >= 0.3 is 5.97 Å². The number of carboxylic acids is 1. The van der Waals surface area contributed by atoms with E-state index in [1.807, 2.05) is 20.8 Å². The highest BCUT2D eigenvalue weighted by Gasteiger charge is 2.37. The van der Waals surface area contributed by atoms with Gasteiger partial charge in [0.05, 0.1) is 5.88 Å². The van der Waals surface area contributed by atoms with Gasteiger partial charge in [-0.2, -0.15) is 0 Å². The standard InChI is InChI=1S/C17H24N2O5S/c1-5-13-11(17(22)23)6-14(24-13)16(21)19-8-25-7-12(19)15(20)18-10(4)9(2)3/h6,9-10,12H,5,7-8H2,1-4H3,(H,18,20)(H,22,23). The molecule has 1 saturated heterocycles. The Morgan fingerprint density at radius 3 is 2.60 bits per heavy atom. The largest absolute Gasteiger partial charge is 0.478 e. The van der Waals surface area contributed by atoms with Crippen molar-refractivity contribution in [3.8, 4) is 0 Å². The zero-order chi connectivity index (χ0) is 18.7. The SMILES string of the molecule is CCc1oc(C(=O)N2CSCC2C(=O)NC(C)C(C)C)cc1C(=O)O. The lowest BCUT2D eigenvalue weighted by Crippen LogP contribution is -2.50. The highest BCUT2D eigenvalue weighted by atomic mass is 32.2. The molecular weight excluding hydrogens is 344 g/mol. The fraction of sp³-hybridized carbons (Fsp3) is 0.588. The summed E-state index contributed by atoms with van der Waals surface area (Å²) < 4.78 is 5.43. The van der Waals surface area contributed by atoms with Crippen molar-refractivity contribution in [2.24, 2.45) is 5.92 Å². The van der Waals surface area contributed by atoms with Gasteiger partial charge in [0.2, 0.25) is 5.91 Å². The van der Waals surface area contributed by atoms with Crippen LogP contribution < -0.4 is 5.32 Å². The normalized spacial score (nSPS) is 18.4. The summed E-state index contributed by atoms with van der Waals surface area (Å²) >= 11 is 1.49. The predicted molar refractivity (Wildman–Crippen MR) is 94.8 cm³/mol. The molecule has 8 heteroatoms. The topological polar surface area (TPSA) is 99.9 Å². The van der Waals surface area contributed by atoms with Crippen LogP contribution in [0.25, 0.3) is 0 Å². The molecule has 2 rings (SSSR count). The first-order valence-corrected chi connectivity index (χ1v) is 9.46. The van der Waals surface area contributed by atoms with Crippen molar-refractivity contribution in [2.75, 3.05) is 11.6 Å². The van der Waals surface area contributed by atoms with Crippen molar-refractivity contribution >= 4 is 29.5 Å². The van der Waals surface area contributed by atoms with Crippen LogP contribution >= 0.6 is 11.8 Å². The Morgan fingerprint density at radius 2 is 2.08 bits per heavy atom. The van der Waals surface area contributed by atoms with Crippen molar-refractivity contribution in [1.82, 2.24) is 10.2 Å². The van der Waals surface area contributed by atoms with Gasteiger partial charge in [-0.25, -0.2) is 4.79 Å². The zero-order valence-electron chi connectivity index (χ0n) is 14.9. The Morgan fingerprint density at radius 1 is 1.40 bits per heavy atom. The summed E-state index contributed by atoms with van der Waals surface area (Å²) in [7, 11) is 0. The molecular formula is C17H24N2O5S. The quantitative estimate of drug-likeness (QED) is 0.799. The Balaban J connectivity index is 2.18. The highest BCUT2D eigenvalue weighted by molar-refractivity contribution is 7.99. The van der Waals surface area contributed by atoms with Gasteiger partial charge in [-0.1, -0.05) is 20.8 Å². The number of furan rings is 1. The van der Waals surface area contributed by atoms with E-state index in [2.05, 4.69) is 5.32 Å².